The molecular formula is C15H23F2NO. The van der Waals surface area contributed by atoms with E-state index in [-0.39, 0.29) is 11.8 Å². The van der Waals surface area contributed by atoms with E-state index in [0.29, 0.717) is 24.5 Å². The largest absolute Gasteiger partial charge is 0.487 e. The summed E-state index contributed by atoms with van der Waals surface area (Å²) < 4.78 is 32.9. The van der Waals surface area contributed by atoms with E-state index >= 15 is 0 Å². The smallest absolute Gasteiger partial charge is 0.190 e. The van der Waals surface area contributed by atoms with E-state index in [0.717, 1.165) is 12.8 Å². The summed E-state index contributed by atoms with van der Waals surface area (Å²) in [4.78, 5) is 0. The van der Waals surface area contributed by atoms with E-state index in [2.05, 4.69) is 0 Å². The fourth-order valence-electron chi connectivity index (χ4n) is 1.97. The lowest BCUT2D eigenvalue weighted by atomic mass is 10.1. The lowest BCUT2D eigenvalue weighted by Crippen LogP contribution is -2.18. The maximum absolute atomic E-state index is 13.8. The molecule has 0 aliphatic heterocycles. The van der Waals surface area contributed by atoms with Gasteiger partial charge in [0, 0.05) is 6.04 Å². The van der Waals surface area contributed by atoms with E-state index < -0.39 is 11.6 Å². The Morgan fingerprint density at radius 2 is 1.68 bits per heavy atom. The van der Waals surface area contributed by atoms with Crippen LogP contribution in [0, 0.1) is 17.6 Å². The molecule has 1 unspecified atom stereocenters. The third kappa shape index (κ3) is 4.78. The van der Waals surface area contributed by atoms with E-state index in [1.807, 2.05) is 13.8 Å². The highest BCUT2D eigenvalue weighted by atomic mass is 19.1. The van der Waals surface area contributed by atoms with Crippen LogP contribution in [0.25, 0.3) is 0 Å². The second-order valence-corrected chi connectivity index (χ2v) is 5.06. The van der Waals surface area contributed by atoms with Crippen LogP contribution in [0.4, 0.5) is 8.78 Å². The molecule has 2 nitrogen and oxygen atoms in total. The fourth-order valence-corrected chi connectivity index (χ4v) is 1.97. The molecule has 19 heavy (non-hydrogen) atoms. The monoisotopic (exact) mass is 271 g/mol. The number of nitrogens with two attached hydrogens (primary N) is 1. The minimum atomic E-state index is -0.651. The van der Waals surface area contributed by atoms with Crippen LogP contribution in [0.2, 0.25) is 0 Å². The van der Waals surface area contributed by atoms with Crippen molar-refractivity contribution in [1.82, 2.24) is 0 Å². The molecule has 1 aromatic rings. The van der Waals surface area contributed by atoms with Gasteiger partial charge in [-0.3, -0.25) is 0 Å². The van der Waals surface area contributed by atoms with Crippen molar-refractivity contribution in [1.29, 1.82) is 0 Å². The minimum Gasteiger partial charge on any atom is -0.487 e. The third-order valence-electron chi connectivity index (χ3n) is 3.23. The first-order valence-corrected chi connectivity index (χ1v) is 6.84. The zero-order valence-electron chi connectivity index (χ0n) is 11.9. The van der Waals surface area contributed by atoms with Gasteiger partial charge in [-0.2, -0.15) is 0 Å². The molecular weight excluding hydrogens is 248 g/mol. The number of ether oxygens (including phenoxy) is 1. The topological polar surface area (TPSA) is 35.2 Å². The highest BCUT2D eigenvalue weighted by Crippen LogP contribution is 2.25. The number of hydrogen-bond acceptors (Lipinski definition) is 2. The fraction of sp³-hybridized carbons (Fsp3) is 0.600. The summed E-state index contributed by atoms with van der Waals surface area (Å²) in [7, 11) is 0. The molecule has 0 saturated carbocycles. The maximum Gasteiger partial charge on any atom is 0.190 e. The average Bonchev–Trinajstić information content (AvgIpc) is 2.32. The van der Waals surface area contributed by atoms with Gasteiger partial charge in [-0.05, 0) is 37.0 Å². The summed E-state index contributed by atoms with van der Waals surface area (Å²) in [5.74, 6) is -1.26. The molecule has 0 aliphatic rings. The molecule has 4 heteroatoms. The van der Waals surface area contributed by atoms with Gasteiger partial charge in [0.15, 0.2) is 17.4 Å². The quantitative estimate of drug-likeness (QED) is 0.821. The number of hydrogen-bond donors (Lipinski definition) is 1. The lowest BCUT2D eigenvalue weighted by molar-refractivity contribution is 0.221. The molecule has 1 rings (SSSR count). The van der Waals surface area contributed by atoms with Gasteiger partial charge >= 0.3 is 0 Å². The average molecular weight is 271 g/mol. The van der Waals surface area contributed by atoms with Crippen LogP contribution < -0.4 is 10.5 Å². The molecule has 0 saturated heterocycles. The van der Waals surface area contributed by atoms with Gasteiger partial charge in [-0.15, -0.1) is 0 Å². The first-order chi connectivity index (χ1) is 8.97. The molecule has 0 fully saturated rings. The summed E-state index contributed by atoms with van der Waals surface area (Å²) >= 11 is 0. The summed E-state index contributed by atoms with van der Waals surface area (Å²) in [5.41, 5.74) is 6.18. The van der Waals surface area contributed by atoms with Crippen LogP contribution in [0.5, 0.6) is 5.75 Å². The second-order valence-electron chi connectivity index (χ2n) is 5.06. The van der Waals surface area contributed by atoms with Crippen molar-refractivity contribution >= 4 is 0 Å². The molecule has 0 radical (unpaired) electrons. The summed E-state index contributed by atoms with van der Waals surface area (Å²) in [6.07, 6.45) is 2.31. The van der Waals surface area contributed by atoms with Crippen molar-refractivity contribution in [3.8, 4) is 5.75 Å². The SMILES string of the molecule is CCC(CC)COc1c(F)cc(CC(C)N)cc1F. The molecule has 0 spiro atoms. The van der Waals surface area contributed by atoms with E-state index in [9.17, 15) is 8.78 Å². The van der Waals surface area contributed by atoms with Gasteiger partial charge in [-0.25, -0.2) is 8.78 Å². The molecule has 1 atom stereocenters. The van der Waals surface area contributed by atoms with Crippen molar-refractivity contribution in [3.63, 3.8) is 0 Å². The molecule has 1 aromatic carbocycles. The summed E-state index contributed by atoms with van der Waals surface area (Å²) in [6, 6.07) is 2.47. The Labute approximate surface area is 114 Å². The third-order valence-corrected chi connectivity index (χ3v) is 3.23. The Bertz CT molecular complexity index is 380. The Hall–Kier alpha value is -1.16. The van der Waals surface area contributed by atoms with Gasteiger partial charge in [0.05, 0.1) is 6.61 Å². The van der Waals surface area contributed by atoms with Crippen molar-refractivity contribution < 1.29 is 13.5 Å². The van der Waals surface area contributed by atoms with Gasteiger partial charge in [0.25, 0.3) is 0 Å². The van der Waals surface area contributed by atoms with Crippen molar-refractivity contribution in [3.05, 3.63) is 29.3 Å². The van der Waals surface area contributed by atoms with Gasteiger partial charge < -0.3 is 10.5 Å². The first kappa shape index (κ1) is 15.9. The highest BCUT2D eigenvalue weighted by Gasteiger charge is 2.15. The highest BCUT2D eigenvalue weighted by molar-refractivity contribution is 5.31. The van der Waals surface area contributed by atoms with E-state index in [1.165, 1.54) is 12.1 Å². The van der Waals surface area contributed by atoms with Crippen LogP contribution in [-0.4, -0.2) is 12.6 Å². The summed E-state index contributed by atoms with van der Waals surface area (Å²) in [6.45, 7) is 6.22. The van der Waals surface area contributed by atoms with Crippen molar-refractivity contribution in [2.45, 2.75) is 46.1 Å². The van der Waals surface area contributed by atoms with Crippen molar-refractivity contribution in [2.24, 2.45) is 11.7 Å². The minimum absolute atomic E-state index is 0.130. The first-order valence-electron chi connectivity index (χ1n) is 6.84. The number of rotatable bonds is 7. The van der Waals surface area contributed by atoms with Gasteiger partial charge in [0.2, 0.25) is 0 Å². The molecule has 2 N–H and O–H groups in total. The van der Waals surface area contributed by atoms with Crippen LogP contribution in [-0.2, 0) is 6.42 Å². The summed E-state index contributed by atoms with van der Waals surface area (Å²) in [5, 5.41) is 0. The van der Waals surface area contributed by atoms with Crippen LogP contribution in [0.1, 0.15) is 39.2 Å². The molecule has 0 aliphatic carbocycles. The standard InChI is InChI=1S/C15H23F2NO/c1-4-11(5-2)9-19-15-13(16)7-12(6-10(3)18)8-14(15)17/h7-8,10-11H,4-6,9,18H2,1-3H3. The number of halogens is 2. The number of benzene rings is 1. The zero-order valence-corrected chi connectivity index (χ0v) is 11.9. The normalized spacial score (nSPS) is 12.8. The Morgan fingerprint density at radius 3 is 2.11 bits per heavy atom. The van der Waals surface area contributed by atoms with Crippen LogP contribution in [0.3, 0.4) is 0 Å². The van der Waals surface area contributed by atoms with Gasteiger partial charge in [-0.1, -0.05) is 26.7 Å². The molecule has 108 valence electrons. The lowest BCUT2D eigenvalue weighted by Gasteiger charge is -2.15. The van der Waals surface area contributed by atoms with Gasteiger partial charge in [0.1, 0.15) is 0 Å². The van der Waals surface area contributed by atoms with E-state index in [1.54, 1.807) is 6.92 Å². The molecule has 0 aromatic heterocycles. The molecule has 0 bridgehead atoms. The molecule has 0 heterocycles. The Morgan fingerprint density at radius 1 is 1.16 bits per heavy atom. The zero-order chi connectivity index (χ0) is 14.4. The second kappa shape index (κ2) is 7.43. The van der Waals surface area contributed by atoms with Crippen LogP contribution >= 0.6 is 0 Å². The predicted octanol–water partition coefficient (Wildman–Crippen LogP) is 3.67. The van der Waals surface area contributed by atoms with E-state index in [4.69, 9.17) is 10.5 Å². The van der Waals surface area contributed by atoms with Crippen LogP contribution in [0.15, 0.2) is 12.1 Å². The maximum atomic E-state index is 13.8. The molecule has 0 amide bonds. The Balaban J connectivity index is 2.79. The Kier molecular flexibility index (Phi) is 6.22. The van der Waals surface area contributed by atoms with Crippen molar-refractivity contribution in [2.75, 3.05) is 6.61 Å². The predicted molar refractivity (Wildman–Crippen MR) is 73.3 cm³/mol.